The van der Waals surface area contributed by atoms with Crippen molar-refractivity contribution in [1.29, 1.82) is 0 Å². The van der Waals surface area contributed by atoms with Crippen LogP contribution >= 0.6 is 0 Å². The van der Waals surface area contributed by atoms with Crippen LogP contribution in [0.1, 0.15) is 25.1 Å². The molecule has 1 aliphatic heterocycles. The van der Waals surface area contributed by atoms with Gasteiger partial charge in [0, 0.05) is 25.0 Å². The van der Waals surface area contributed by atoms with E-state index in [4.69, 9.17) is 14.6 Å². The number of ether oxygens (including phenoxy) is 2. The van der Waals surface area contributed by atoms with Gasteiger partial charge in [0.25, 0.3) is 0 Å². The van der Waals surface area contributed by atoms with Crippen molar-refractivity contribution in [1.82, 2.24) is 14.7 Å². The molecule has 28 heavy (non-hydrogen) atoms. The molecule has 2 aromatic carbocycles. The van der Waals surface area contributed by atoms with Gasteiger partial charge in [-0.1, -0.05) is 48.5 Å². The molecule has 0 bridgehead atoms. The van der Waals surface area contributed by atoms with E-state index < -0.39 is 0 Å². The summed E-state index contributed by atoms with van der Waals surface area (Å²) in [5.74, 6) is 0. The summed E-state index contributed by atoms with van der Waals surface area (Å²) >= 11 is 0. The van der Waals surface area contributed by atoms with E-state index in [1.165, 1.54) is 10.9 Å². The highest BCUT2D eigenvalue weighted by Crippen LogP contribution is 2.23. The van der Waals surface area contributed by atoms with E-state index in [2.05, 4.69) is 72.0 Å². The zero-order valence-electron chi connectivity index (χ0n) is 16.8. The molecule has 0 amide bonds. The van der Waals surface area contributed by atoms with E-state index in [0.717, 1.165) is 50.6 Å². The molecule has 5 heteroatoms. The third kappa shape index (κ3) is 4.61. The molecule has 0 atom stereocenters. The third-order valence-electron chi connectivity index (χ3n) is 5.22. The fourth-order valence-corrected chi connectivity index (χ4v) is 3.79. The number of aromatic nitrogens is 2. The predicted octanol–water partition coefficient (Wildman–Crippen LogP) is 3.71. The molecule has 2 heterocycles. The Morgan fingerprint density at radius 2 is 1.71 bits per heavy atom. The fourth-order valence-electron chi connectivity index (χ4n) is 3.79. The minimum Gasteiger partial charge on any atom is -0.379 e. The van der Waals surface area contributed by atoms with Gasteiger partial charge in [-0.25, -0.2) is 0 Å². The first-order chi connectivity index (χ1) is 13.6. The number of benzene rings is 2. The van der Waals surface area contributed by atoms with Crippen molar-refractivity contribution >= 4 is 10.9 Å². The van der Waals surface area contributed by atoms with Gasteiger partial charge in [-0.15, -0.1) is 0 Å². The molecule has 1 saturated heterocycles. The number of nitrogens with zero attached hydrogens (tertiary/aromatic N) is 3. The second-order valence-electron chi connectivity index (χ2n) is 8.04. The molecule has 0 radical (unpaired) electrons. The van der Waals surface area contributed by atoms with E-state index in [0.29, 0.717) is 6.61 Å². The van der Waals surface area contributed by atoms with Crippen molar-refractivity contribution in [3.63, 3.8) is 0 Å². The number of hydrogen-bond acceptors (Lipinski definition) is 4. The highest BCUT2D eigenvalue weighted by molar-refractivity contribution is 5.81. The Morgan fingerprint density at radius 1 is 1.00 bits per heavy atom. The van der Waals surface area contributed by atoms with Gasteiger partial charge < -0.3 is 9.47 Å². The Balaban J connectivity index is 1.49. The molecule has 3 aromatic rings. The van der Waals surface area contributed by atoms with Crippen molar-refractivity contribution in [2.45, 2.75) is 32.6 Å². The second-order valence-corrected chi connectivity index (χ2v) is 8.04. The second kappa shape index (κ2) is 8.43. The van der Waals surface area contributed by atoms with Crippen LogP contribution in [0.5, 0.6) is 0 Å². The molecular formula is C23H29N3O2. The van der Waals surface area contributed by atoms with Crippen LogP contribution in [0.2, 0.25) is 0 Å². The largest absolute Gasteiger partial charge is 0.379 e. The van der Waals surface area contributed by atoms with E-state index in [9.17, 15) is 0 Å². The zero-order valence-corrected chi connectivity index (χ0v) is 16.8. The summed E-state index contributed by atoms with van der Waals surface area (Å²) in [7, 11) is 0. The molecule has 0 N–H and O–H groups in total. The van der Waals surface area contributed by atoms with Gasteiger partial charge >= 0.3 is 0 Å². The smallest absolute Gasteiger partial charge is 0.0960 e. The van der Waals surface area contributed by atoms with Gasteiger partial charge in [0.2, 0.25) is 0 Å². The van der Waals surface area contributed by atoms with Crippen molar-refractivity contribution in [2.24, 2.45) is 0 Å². The maximum atomic E-state index is 6.33. The van der Waals surface area contributed by atoms with Crippen LogP contribution in [0.15, 0.2) is 54.6 Å². The van der Waals surface area contributed by atoms with Crippen LogP contribution < -0.4 is 0 Å². The first-order valence-electron chi connectivity index (χ1n) is 10.0. The minimum atomic E-state index is -0.234. The Labute approximate surface area is 166 Å². The minimum absolute atomic E-state index is 0.234. The predicted molar refractivity (Wildman–Crippen MR) is 111 cm³/mol. The summed E-state index contributed by atoms with van der Waals surface area (Å²) in [5, 5.41) is 6.06. The Hall–Kier alpha value is -2.21. The number of morpholine rings is 1. The lowest BCUT2D eigenvalue weighted by Gasteiger charge is -2.34. The molecule has 4 rings (SSSR count). The van der Waals surface area contributed by atoms with Crippen LogP contribution in [-0.4, -0.2) is 53.1 Å². The van der Waals surface area contributed by atoms with E-state index in [1.54, 1.807) is 0 Å². The fraction of sp³-hybridized carbons (Fsp3) is 0.435. The van der Waals surface area contributed by atoms with Crippen LogP contribution in [0, 0.1) is 0 Å². The summed E-state index contributed by atoms with van der Waals surface area (Å²) in [6, 6.07) is 18.9. The maximum Gasteiger partial charge on any atom is 0.0960 e. The van der Waals surface area contributed by atoms with Crippen molar-refractivity contribution < 1.29 is 9.47 Å². The monoisotopic (exact) mass is 379 g/mol. The van der Waals surface area contributed by atoms with Gasteiger partial charge in [-0.2, -0.15) is 5.10 Å². The highest BCUT2D eigenvalue weighted by atomic mass is 16.5. The van der Waals surface area contributed by atoms with E-state index >= 15 is 0 Å². The highest BCUT2D eigenvalue weighted by Gasteiger charge is 2.25. The quantitative estimate of drug-likeness (QED) is 0.627. The molecule has 1 aliphatic rings. The maximum absolute atomic E-state index is 6.33. The van der Waals surface area contributed by atoms with Crippen molar-refractivity contribution in [3.05, 3.63) is 65.9 Å². The Kier molecular flexibility index (Phi) is 5.76. The number of fused-ring (bicyclic) bond motifs is 1. The topological polar surface area (TPSA) is 39.5 Å². The van der Waals surface area contributed by atoms with Crippen LogP contribution in [-0.2, 0) is 22.6 Å². The van der Waals surface area contributed by atoms with Gasteiger partial charge in [0.1, 0.15) is 0 Å². The summed E-state index contributed by atoms with van der Waals surface area (Å²) < 4.78 is 13.9. The van der Waals surface area contributed by atoms with Gasteiger partial charge in [0.15, 0.2) is 0 Å². The number of rotatable bonds is 7. The number of hydrogen-bond donors (Lipinski definition) is 0. The summed E-state index contributed by atoms with van der Waals surface area (Å²) in [4.78, 5) is 2.41. The molecule has 1 aromatic heterocycles. The summed E-state index contributed by atoms with van der Waals surface area (Å²) in [6.07, 6.45) is 0. The molecule has 0 aliphatic carbocycles. The number of para-hydroxylation sites is 1. The van der Waals surface area contributed by atoms with E-state index in [-0.39, 0.29) is 5.60 Å². The third-order valence-corrected chi connectivity index (χ3v) is 5.22. The normalized spacial score (nSPS) is 15.9. The lowest BCUT2D eigenvalue weighted by Crippen LogP contribution is -2.45. The lowest BCUT2D eigenvalue weighted by molar-refractivity contribution is -0.0674. The van der Waals surface area contributed by atoms with Gasteiger partial charge in [-0.3, -0.25) is 9.58 Å². The first kappa shape index (κ1) is 19.1. The van der Waals surface area contributed by atoms with Crippen molar-refractivity contribution in [3.8, 4) is 0 Å². The average molecular weight is 380 g/mol. The van der Waals surface area contributed by atoms with Gasteiger partial charge in [0.05, 0.1) is 43.2 Å². The average Bonchev–Trinajstić information content (AvgIpc) is 3.06. The molecule has 0 spiro atoms. The molecule has 5 nitrogen and oxygen atoms in total. The van der Waals surface area contributed by atoms with Crippen LogP contribution in [0.25, 0.3) is 10.9 Å². The summed E-state index contributed by atoms with van der Waals surface area (Å²) in [6.45, 7) is 10.1. The zero-order chi connectivity index (χ0) is 19.4. The molecule has 148 valence electrons. The molecule has 0 saturated carbocycles. The standard InChI is InChI=1S/C23H29N3O2/c1-23(2,18-25-12-14-27-15-13-25)28-17-21-20-10-6-7-11-22(20)26(24-21)16-19-8-4-3-5-9-19/h3-11H,12-18H2,1-2H3. The Bertz CT molecular complexity index is 899. The molecular weight excluding hydrogens is 350 g/mol. The SMILES string of the molecule is CC(C)(CN1CCOCC1)OCc1nn(Cc2ccccc2)c2ccccc12. The van der Waals surface area contributed by atoms with E-state index in [1.807, 2.05) is 6.07 Å². The first-order valence-corrected chi connectivity index (χ1v) is 10.0. The van der Waals surface area contributed by atoms with Gasteiger partial charge in [-0.05, 0) is 25.5 Å². The molecule has 1 fully saturated rings. The van der Waals surface area contributed by atoms with Crippen LogP contribution in [0.3, 0.4) is 0 Å². The molecule has 0 unspecified atom stereocenters. The summed E-state index contributed by atoms with van der Waals surface area (Å²) in [5.41, 5.74) is 3.16. The Morgan fingerprint density at radius 3 is 2.50 bits per heavy atom. The van der Waals surface area contributed by atoms with Crippen molar-refractivity contribution in [2.75, 3.05) is 32.8 Å². The van der Waals surface area contributed by atoms with Crippen LogP contribution in [0.4, 0.5) is 0 Å². The lowest BCUT2D eigenvalue weighted by atomic mass is 10.1.